The van der Waals surface area contributed by atoms with Crippen molar-refractivity contribution < 1.29 is 0 Å². The van der Waals surface area contributed by atoms with Crippen molar-refractivity contribution in [1.82, 2.24) is 0 Å². The molecule has 0 aliphatic heterocycles. The van der Waals surface area contributed by atoms with Crippen LogP contribution in [0.3, 0.4) is 0 Å². The third kappa shape index (κ3) is 2.77. The Morgan fingerprint density at radius 1 is 0.950 bits per heavy atom. The summed E-state index contributed by atoms with van der Waals surface area (Å²) < 4.78 is 0. The molecule has 1 N–H and O–H groups in total. The molecule has 2 unspecified atom stereocenters. The van der Waals surface area contributed by atoms with Crippen molar-refractivity contribution in [1.29, 1.82) is 5.26 Å². The van der Waals surface area contributed by atoms with Crippen LogP contribution in [-0.4, -0.2) is 6.04 Å². The van der Waals surface area contributed by atoms with Crippen LogP contribution in [0.2, 0.25) is 0 Å². The van der Waals surface area contributed by atoms with Crippen LogP contribution < -0.4 is 5.32 Å². The summed E-state index contributed by atoms with van der Waals surface area (Å²) in [5, 5.41) is 15.4. The highest BCUT2D eigenvalue weighted by atomic mass is 14.9. The molecule has 0 bridgehead atoms. The second kappa shape index (κ2) is 5.96. The average Bonchev–Trinajstić information content (AvgIpc) is 2.72. The van der Waals surface area contributed by atoms with E-state index >= 15 is 0 Å². The molecular weight excluding hydrogens is 244 g/mol. The summed E-state index contributed by atoms with van der Waals surface area (Å²) >= 11 is 0. The van der Waals surface area contributed by atoms with Crippen LogP contribution in [0, 0.1) is 17.2 Å². The Kier molecular flexibility index (Phi) is 3.87. The summed E-state index contributed by atoms with van der Waals surface area (Å²) in [5.41, 5.74) is 1.14. The van der Waals surface area contributed by atoms with Crippen molar-refractivity contribution in [2.24, 2.45) is 5.92 Å². The number of hydrogen-bond acceptors (Lipinski definition) is 2. The lowest BCUT2D eigenvalue weighted by Crippen LogP contribution is -2.27. The Morgan fingerprint density at radius 2 is 1.75 bits per heavy atom. The van der Waals surface area contributed by atoms with E-state index in [2.05, 4.69) is 53.9 Å². The molecule has 102 valence electrons. The van der Waals surface area contributed by atoms with Gasteiger partial charge in [-0.2, -0.15) is 5.26 Å². The van der Waals surface area contributed by atoms with Crippen molar-refractivity contribution in [2.75, 3.05) is 5.32 Å². The van der Waals surface area contributed by atoms with E-state index in [9.17, 15) is 5.26 Å². The first-order valence-corrected chi connectivity index (χ1v) is 7.52. The highest BCUT2D eigenvalue weighted by molar-refractivity contribution is 5.85. The summed E-state index contributed by atoms with van der Waals surface area (Å²) in [6.07, 6.45) is 5.80. The number of nitrogens with one attached hydrogen (secondary N) is 1. The number of nitriles is 1. The van der Waals surface area contributed by atoms with Crippen molar-refractivity contribution in [2.45, 2.75) is 38.1 Å². The van der Waals surface area contributed by atoms with Gasteiger partial charge >= 0.3 is 0 Å². The molecule has 1 fully saturated rings. The number of hydrogen-bond donors (Lipinski definition) is 1. The Hall–Kier alpha value is -2.01. The number of rotatable bonds is 2. The highest BCUT2D eigenvalue weighted by Gasteiger charge is 2.23. The van der Waals surface area contributed by atoms with Gasteiger partial charge < -0.3 is 5.32 Å². The molecule has 0 saturated heterocycles. The molecule has 2 aromatic rings. The lowest BCUT2D eigenvalue weighted by molar-refractivity contribution is 0.514. The summed E-state index contributed by atoms with van der Waals surface area (Å²) in [5.74, 6) is 0.143. The van der Waals surface area contributed by atoms with E-state index < -0.39 is 0 Å². The first-order chi connectivity index (χ1) is 9.86. The number of fused-ring (bicyclic) bond motifs is 1. The molecule has 0 amide bonds. The van der Waals surface area contributed by atoms with Gasteiger partial charge in [0.1, 0.15) is 0 Å². The number of benzene rings is 2. The normalized spacial score (nSPS) is 22.9. The summed E-state index contributed by atoms with van der Waals surface area (Å²) in [7, 11) is 0. The average molecular weight is 264 g/mol. The van der Waals surface area contributed by atoms with Crippen LogP contribution >= 0.6 is 0 Å². The molecule has 1 aliphatic rings. The van der Waals surface area contributed by atoms with Gasteiger partial charge in [0.05, 0.1) is 12.0 Å². The first-order valence-electron chi connectivity index (χ1n) is 7.52. The van der Waals surface area contributed by atoms with E-state index in [0.717, 1.165) is 18.5 Å². The van der Waals surface area contributed by atoms with E-state index in [1.54, 1.807) is 0 Å². The van der Waals surface area contributed by atoms with Crippen LogP contribution in [0.25, 0.3) is 10.8 Å². The summed E-state index contributed by atoms with van der Waals surface area (Å²) in [6.45, 7) is 0. The molecule has 2 atom stereocenters. The van der Waals surface area contributed by atoms with Crippen LogP contribution in [0.1, 0.15) is 32.1 Å². The topological polar surface area (TPSA) is 35.8 Å². The van der Waals surface area contributed by atoms with E-state index in [0.29, 0.717) is 6.04 Å². The second-order valence-electron chi connectivity index (χ2n) is 5.69. The van der Waals surface area contributed by atoms with Gasteiger partial charge in [0, 0.05) is 11.7 Å². The van der Waals surface area contributed by atoms with E-state index in [4.69, 9.17) is 0 Å². The zero-order valence-corrected chi connectivity index (χ0v) is 11.7. The zero-order valence-electron chi connectivity index (χ0n) is 11.7. The number of anilines is 1. The van der Waals surface area contributed by atoms with Gasteiger partial charge in [0.15, 0.2) is 0 Å². The van der Waals surface area contributed by atoms with Crippen molar-refractivity contribution in [3.8, 4) is 6.07 Å². The Bertz CT molecular complexity index is 627. The first kappa shape index (κ1) is 13.0. The highest BCUT2D eigenvalue weighted by Crippen LogP contribution is 2.27. The third-order valence-electron chi connectivity index (χ3n) is 4.28. The van der Waals surface area contributed by atoms with Crippen LogP contribution in [-0.2, 0) is 0 Å². The quantitative estimate of drug-likeness (QED) is 0.796. The molecule has 2 aromatic carbocycles. The Morgan fingerprint density at radius 3 is 2.60 bits per heavy atom. The third-order valence-corrected chi connectivity index (χ3v) is 4.28. The van der Waals surface area contributed by atoms with Gasteiger partial charge in [-0.15, -0.1) is 0 Å². The largest absolute Gasteiger partial charge is 0.381 e. The molecule has 2 nitrogen and oxygen atoms in total. The fourth-order valence-corrected chi connectivity index (χ4v) is 3.13. The molecule has 1 aliphatic carbocycles. The van der Waals surface area contributed by atoms with Gasteiger partial charge in [0.25, 0.3) is 0 Å². The van der Waals surface area contributed by atoms with Crippen molar-refractivity contribution in [3.63, 3.8) is 0 Å². The minimum Gasteiger partial charge on any atom is -0.381 e. The standard InChI is InChI=1S/C18H20N2/c19-13-16-8-2-1-3-9-18(16)20-17-11-10-14-6-4-5-7-15(14)12-17/h4-7,10-12,16,18,20H,1-3,8-9H2. The summed E-state index contributed by atoms with van der Waals surface area (Å²) in [4.78, 5) is 0. The molecular formula is C18H20N2. The predicted molar refractivity (Wildman–Crippen MR) is 83.5 cm³/mol. The fourth-order valence-electron chi connectivity index (χ4n) is 3.13. The molecule has 0 heterocycles. The maximum Gasteiger partial charge on any atom is 0.0677 e. The van der Waals surface area contributed by atoms with E-state index in [1.807, 2.05) is 0 Å². The zero-order chi connectivity index (χ0) is 13.8. The van der Waals surface area contributed by atoms with Crippen LogP contribution in [0.4, 0.5) is 5.69 Å². The van der Waals surface area contributed by atoms with Gasteiger partial charge in [-0.05, 0) is 35.7 Å². The summed E-state index contributed by atoms with van der Waals surface area (Å²) in [6, 6.07) is 17.6. The minimum absolute atomic E-state index is 0.143. The monoisotopic (exact) mass is 264 g/mol. The Labute approximate surface area is 120 Å². The minimum atomic E-state index is 0.143. The SMILES string of the molecule is N#CC1CCCCCC1Nc1ccc2ccccc2c1. The molecule has 3 rings (SSSR count). The van der Waals surface area contributed by atoms with Gasteiger partial charge in [0.2, 0.25) is 0 Å². The van der Waals surface area contributed by atoms with Crippen molar-refractivity contribution in [3.05, 3.63) is 42.5 Å². The maximum atomic E-state index is 9.35. The molecule has 0 spiro atoms. The maximum absolute atomic E-state index is 9.35. The van der Waals surface area contributed by atoms with Crippen LogP contribution in [0.15, 0.2) is 42.5 Å². The lowest BCUT2D eigenvalue weighted by Gasteiger charge is -2.22. The van der Waals surface area contributed by atoms with Gasteiger partial charge in [-0.1, -0.05) is 49.6 Å². The van der Waals surface area contributed by atoms with Gasteiger partial charge in [-0.25, -0.2) is 0 Å². The predicted octanol–water partition coefficient (Wildman–Crippen LogP) is 4.72. The van der Waals surface area contributed by atoms with Gasteiger partial charge in [-0.3, -0.25) is 0 Å². The fraction of sp³-hybridized carbons (Fsp3) is 0.389. The second-order valence-corrected chi connectivity index (χ2v) is 5.69. The molecule has 2 heteroatoms. The van der Waals surface area contributed by atoms with Crippen LogP contribution in [0.5, 0.6) is 0 Å². The van der Waals surface area contributed by atoms with E-state index in [1.165, 1.54) is 30.0 Å². The number of nitrogens with zero attached hydrogens (tertiary/aromatic N) is 1. The van der Waals surface area contributed by atoms with E-state index in [-0.39, 0.29) is 5.92 Å². The van der Waals surface area contributed by atoms with Crippen molar-refractivity contribution >= 4 is 16.5 Å². The smallest absolute Gasteiger partial charge is 0.0677 e. The molecule has 1 saturated carbocycles. The lowest BCUT2D eigenvalue weighted by atomic mass is 9.96. The molecule has 0 aromatic heterocycles. The molecule has 0 radical (unpaired) electrons. The Balaban J connectivity index is 1.82. The molecule has 20 heavy (non-hydrogen) atoms.